The summed E-state index contributed by atoms with van der Waals surface area (Å²) in [6.07, 6.45) is 5.59. The first-order chi connectivity index (χ1) is 11.4. The van der Waals surface area contributed by atoms with Crippen molar-refractivity contribution < 1.29 is 4.42 Å². The predicted molar refractivity (Wildman–Crippen MR) is 93.5 cm³/mol. The number of hydrogen-bond donors (Lipinski definition) is 3. The summed E-state index contributed by atoms with van der Waals surface area (Å²) in [5.41, 5.74) is 0. The Kier molecular flexibility index (Phi) is 7.53. The molecule has 0 amide bonds. The highest BCUT2D eigenvalue weighted by atomic mass is 16.3. The zero-order valence-electron chi connectivity index (χ0n) is 13.6. The van der Waals surface area contributed by atoms with E-state index in [9.17, 15) is 0 Å². The largest absolute Gasteiger partial charge is 0.467 e. The number of guanidine groups is 1. The van der Waals surface area contributed by atoms with Crippen molar-refractivity contribution in [3.8, 4) is 0 Å². The first-order valence-electron chi connectivity index (χ1n) is 8.08. The van der Waals surface area contributed by atoms with Gasteiger partial charge in [0.25, 0.3) is 0 Å². The Morgan fingerprint density at radius 3 is 2.78 bits per heavy atom. The van der Waals surface area contributed by atoms with Crippen LogP contribution < -0.4 is 16.0 Å². The number of rotatable bonds is 9. The van der Waals surface area contributed by atoms with Gasteiger partial charge in [0.05, 0.1) is 6.26 Å². The third kappa shape index (κ3) is 6.86. The Bertz CT molecular complexity index is 554. The summed E-state index contributed by atoms with van der Waals surface area (Å²) in [5, 5.41) is 9.87. The highest BCUT2D eigenvalue weighted by Gasteiger charge is 1.99. The summed E-state index contributed by atoms with van der Waals surface area (Å²) < 4.78 is 5.28. The highest BCUT2D eigenvalue weighted by molar-refractivity contribution is 5.79. The molecule has 0 aliphatic carbocycles. The molecule has 0 saturated heterocycles. The van der Waals surface area contributed by atoms with Crippen molar-refractivity contribution >= 4 is 11.8 Å². The fourth-order valence-electron chi connectivity index (χ4n) is 2.04. The standard InChI is InChI=1S/C17H25N5O/c1-2-18-17(22-14-15-8-7-13-23-15)21-12-6-5-11-20-16-9-3-4-10-19-16/h3-4,7-10,13H,2,5-6,11-12,14H2,1H3,(H,19,20)(H2,18,21,22). The van der Waals surface area contributed by atoms with Gasteiger partial charge in [-0.15, -0.1) is 0 Å². The van der Waals surface area contributed by atoms with E-state index in [1.54, 1.807) is 12.5 Å². The third-order valence-electron chi connectivity index (χ3n) is 3.18. The van der Waals surface area contributed by atoms with Crippen LogP contribution in [-0.2, 0) is 6.54 Å². The average Bonchev–Trinajstić information content (AvgIpc) is 3.10. The van der Waals surface area contributed by atoms with Gasteiger partial charge in [-0.25, -0.2) is 9.98 Å². The van der Waals surface area contributed by atoms with Crippen LogP contribution in [0.25, 0.3) is 0 Å². The molecule has 0 bridgehead atoms. The van der Waals surface area contributed by atoms with Crippen LogP contribution in [0.3, 0.4) is 0 Å². The topological polar surface area (TPSA) is 74.5 Å². The van der Waals surface area contributed by atoms with Gasteiger partial charge in [0.15, 0.2) is 5.96 Å². The number of furan rings is 1. The van der Waals surface area contributed by atoms with Crippen molar-refractivity contribution in [2.45, 2.75) is 26.3 Å². The molecular weight excluding hydrogens is 290 g/mol. The number of nitrogens with zero attached hydrogens (tertiary/aromatic N) is 2. The van der Waals surface area contributed by atoms with Gasteiger partial charge in [-0.2, -0.15) is 0 Å². The van der Waals surface area contributed by atoms with Crippen LogP contribution in [0, 0.1) is 0 Å². The molecule has 3 N–H and O–H groups in total. The van der Waals surface area contributed by atoms with Gasteiger partial charge in [0.1, 0.15) is 18.1 Å². The molecule has 0 aliphatic heterocycles. The van der Waals surface area contributed by atoms with Gasteiger partial charge in [-0.05, 0) is 44.0 Å². The Morgan fingerprint density at radius 1 is 1.13 bits per heavy atom. The molecule has 0 radical (unpaired) electrons. The number of aliphatic imine (C=N–C) groups is 1. The quantitative estimate of drug-likeness (QED) is 0.377. The molecule has 2 aromatic rings. The monoisotopic (exact) mass is 315 g/mol. The summed E-state index contributed by atoms with van der Waals surface area (Å²) in [6.45, 7) is 5.24. The molecule has 0 atom stereocenters. The normalized spacial score (nSPS) is 11.3. The number of hydrogen-bond acceptors (Lipinski definition) is 4. The zero-order chi connectivity index (χ0) is 16.2. The Labute approximate surface area is 137 Å². The van der Waals surface area contributed by atoms with Crippen molar-refractivity contribution in [3.05, 3.63) is 48.6 Å². The van der Waals surface area contributed by atoms with Crippen LogP contribution in [0.4, 0.5) is 5.82 Å². The molecule has 0 spiro atoms. The van der Waals surface area contributed by atoms with Crippen molar-refractivity contribution in [1.82, 2.24) is 15.6 Å². The molecule has 6 nitrogen and oxygen atoms in total. The van der Waals surface area contributed by atoms with Crippen LogP contribution in [0.5, 0.6) is 0 Å². The predicted octanol–water partition coefficient (Wildman–Crippen LogP) is 2.62. The maximum atomic E-state index is 5.28. The molecule has 2 aromatic heterocycles. The summed E-state index contributed by atoms with van der Waals surface area (Å²) in [4.78, 5) is 8.73. The SMILES string of the molecule is CCNC(=NCc1ccco1)NCCCCNc1ccccn1. The van der Waals surface area contributed by atoms with E-state index in [1.807, 2.05) is 30.3 Å². The maximum absolute atomic E-state index is 5.28. The molecule has 0 aliphatic rings. The molecular formula is C17H25N5O. The van der Waals surface area contributed by atoms with Gasteiger partial charge in [0, 0.05) is 25.8 Å². The lowest BCUT2D eigenvalue weighted by molar-refractivity contribution is 0.512. The molecule has 2 heterocycles. The van der Waals surface area contributed by atoms with E-state index in [4.69, 9.17) is 4.42 Å². The first kappa shape index (κ1) is 16.9. The van der Waals surface area contributed by atoms with E-state index in [2.05, 4.69) is 32.9 Å². The minimum Gasteiger partial charge on any atom is -0.467 e. The number of anilines is 1. The minimum atomic E-state index is 0.545. The second kappa shape index (κ2) is 10.3. The van der Waals surface area contributed by atoms with E-state index >= 15 is 0 Å². The molecule has 124 valence electrons. The molecule has 0 aromatic carbocycles. The molecule has 2 rings (SSSR count). The molecule has 0 unspecified atom stereocenters. The molecule has 0 fully saturated rings. The van der Waals surface area contributed by atoms with E-state index in [0.29, 0.717) is 6.54 Å². The Balaban J connectivity index is 1.61. The summed E-state index contributed by atoms with van der Waals surface area (Å²) in [5.74, 6) is 2.61. The zero-order valence-corrected chi connectivity index (χ0v) is 13.6. The second-order valence-corrected chi connectivity index (χ2v) is 5.05. The lowest BCUT2D eigenvalue weighted by Crippen LogP contribution is -2.37. The molecule has 23 heavy (non-hydrogen) atoms. The number of nitrogens with one attached hydrogen (secondary N) is 3. The minimum absolute atomic E-state index is 0.545. The number of aromatic nitrogens is 1. The van der Waals surface area contributed by atoms with Gasteiger partial charge in [-0.1, -0.05) is 6.07 Å². The van der Waals surface area contributed by atoms with Gasteiger partial charge < -0.3 is 20.4 Å². The highest BCUT2D eigenvalue weighted by Crippen LogP contribution is 2.01. The Hall–Kier alpha value is -2.50. The van der Waals surface area contributed by atoms with Crippen molar-refractivity contribution in [1.29, 1.82) is 0 Å². The number of unbranched alkanes of at least 4 members (excludes halogenated alkanes) is 1. The van der Waals surface area contributed by atoms with Crippen LogP contribution in [0.15, 0.2) is 52.2 Å². The van der Waals surface area contributed by atoms with Crippen LogP contribution in [0.1, 0.15) is 25.5 Å². The van der Waals surface area contributed by atoms with Crippen molar-refractivity contribution in [3.63, 3.8) is 0 Å². The molecule has 6 heteroatoms. The molecule has 0 saturated carbocycles. The fourth-order valence-corrected chi connectivity index (χ4v) is 2.04. The van der Waals surface area contributed by atoms with Gasteiger partial charge in [-0.3, -0.25) is 0 Å². The average molecular weight is 315 g/mol. The van der Waals surface area contributed by atoms with Crippen LogP contribution >= 0.6 is 0 Å². The lowest BCUT2D eigenvalue weighted by atomic mass is 10.3. The van der Waals surface area contributed by atoms with Crippen LogP contribution in [-0.4, -0.2) is 30.6 Å². The van der Waals surface area contributed by atoms with Crippen molar-refractivity contribution in [2.75, 3.05) is 25.0 Å². The van der Waals surface area contributed by atoms with E-state index in [0.717, 1.165) is 50.0 Å². The summed E-state index contributed by atoms with van der Waals surface area (Å²) in [7, 11) is 0. The maximum Gasteiger partial charge on any atom is 0.191 e. The third-order valence-corrected chi connectivity index (χ3v) is 3.18. The second-order valence-electron chi connectivity index (χ2n) is 5.05. The Morgan fingerprint density at radius 2 is 2.04 bits per heavy atom. The smallest absolute Gasteiger partial charge is 0.191 e. The van der Waals surface area contributed by atoms with Crippen LogP contribution in [0.2, 0.25) is 0 Å². The first-order valence-corrected chi connectivity index (χ1v) is 8.08. The summed E-state index contributed by atoms with van der Waals surface area (Å²) >= 11 is 0. The van der Waals surface area contributed by atoms with E-state index < -0.39 is 0 Å². The van der Waals surface area contributed by atoms with Gasteiger partial charge in [0.2, 0.25) is 0 Å². The van der Waals surface area contributed by atoms with Crippen molar-refractivity contribution in [2.24, 2.45) is 4.99 Å². The van der Waals surface area contributed by atoms with E-state index in [1.165, 1.54) is 0 Å². The van der Waals surface area contributed by atoms with E-state index in [-0.39, 0.29) is 0 Å². The van der Waals surface area contributed by atoms with Gasteiger partial charge >= 0.3 is 0 Å². The lowest BCUT2D eigenvalue weighted by Gasteiger charge is -2.11. The number of pyridine rings is 1. The fraction of sp³-hybridized carbons (Fsp3) is 0.412. The summed E-state index contributed by atoms with van der Waals surface area (Å²) in [6, 6.07) is 9.67.